The van der Waals surface area contributed by atoms with E-state index in [1.165, 1.54) is 12.8 Å². The van der Waals surface area contributed by atoms with Crippen molar-refractivity contribution in [2.24, 2.45) is 5.92 Å². The van der Waals surface area contributed by atoms with Crippen LogP contribution in [0.3, 0.4) is 0 Å². The molecule has 1 aliphatic carbocycles. The molecule has 0 aliphatic heterocycles. The molecule has 2 N–H and O–H groups in total. The number of nitrogens with one attached hydrogen (secondary N) is 2. The second-order valence-corrected chi connectivity index (χ2v) is 4.32. The lowest BCUT2D eigenvalue weighted by atomic mass is 10.2. The van der Waals surface area contributed by atoms with Crippen LogP contribution in [0.5, 0.6) is 0 Å². The van der Waals surface area contributed by atoms with Crippen LogP contribution in [0.15, 0.2) is 0 Å². The maximum absolute atomic E-state index is 11.7. The van der Waals surface area contributed by atoms with Crippen molar-refractivity contribution >= 4 is 5.91 Å². The van der Waals surface area contributed by atoms with Crippen LogP contribution in [0.1, 0.15) is 49.6 Å². The molecule has 1 amide bonds. The fraction of sp³-hybridized carbons (Fsp3) is 0.727. The van der Waals surface area contributed by atoms with E-state index >= 15 is 0 Å². The van der Waals surface area contributed by atoms with E-state index in [0.29, 0.717) is 12.0 Å². The van der Waals surface area contributed by atoms with Crippen molar-refractivity contribution in [3.8, 4) is 0 Å². The van der Waals surface area contributed by atoms with Crippen molar-refractivity contribution in [1.82, 2.24) is 20.5 Å². The smallest absolute Gasteiger partial charge is 0.291 e. The number of carbonyl (C=O) groups is 1. The Morgan fingerprint density at radius 2 is 2.38 bits per heavy atom. The van der Waals surface area contributed by atoms with Gasteiger partial charge in [-0.05, 0) is 18.8 Å². The third kappa shape index (κ3) is 2.40. The first-order valence-corrected chi connectivity index (χ1v) is 5.96. The molecule has 2 atom stereocenters. The topological polar surface area (TPSA) is 70.7 Å². The first kappa shape index (κ1) is 11.1. The van der Waals surface area contributed by atoms with E-state index in [-0.39, 0.29) is 11.7 Å². The summed E-state index contributed by atoms with van der Waals surface area (Å²) in [7, 11) is 0. The molecule has 0 saturated heterocycles. The normalized spacial score (nSPS) is 23.1. The van der Waals surface area contributed by atoms with Crippen molar-refractivity contribution in [3.05, 3.63) is 11.6 Å². The fourth-order valence-electron chi connectivity index (χ4n) is 1.90. The summed E-state index contributed by atoms with van der Waals surface area (Å²) in [4.78, 5) is 15.8. The van der Waals surface area contributed by atoms with E-state index in [9.17, 15) is 4.79 Å². The van der Waals surface area contributed by atoms with Gasteiger partial charge in [0.2, 0.25) is 5.82 Å². The number of aromatic amines is 1. The van der Waals surface area contributed by atoms with Crippen molar-refractivity contribution in [2.75, 3.05) is 0 Å². The summed E-state index contributed by atoms with van der Waals surface area (Å²) in [5, 5.41) is 9.59. The Morgan fingerprint density at radius 1 is 1.56 bits per heavy atom. The highest BCUT2D eigenvalue weighted by Crippen LogP contribution is 2.34. The van der Waals surface area contributed by atoms with Gasteiger partial charge in [-0.2, -0.15) is 0 Å². The number of hydrogen-bond donors (Lipinski definition) is 2. The van der Waals surface area contributed by atoms with Crippen LogP contribution in [0.4, 0.5) is 0 Å². The van der Waals surface area contributed by atoms with Crippen molar-refractivity contribution in [3.63, 3.8) is 0 Å². The summed E-state index contributed by atoms with van der Waals surface area (Å²) in [6.45, 7) is 4.14. The Kier molecular flexibility index (Phi) is 3.22. The third-order valence-corrected chi connectivity index (χ3v) is 2.97. The molecule has 2 rings (SSSR count). The Bertz CT molecular complexity index is 374. The first-order chi connectivity index (χ1) is 7.74. The molecule has 5 heteroatoms. The lowest BCUT2D eigenvalue weighted by Crippen LogP contribution is -2.27. The molecule has 5 nitrogen and oxygen atoms in total. The minimum Gasteiger partial charge on any atom is -0.346 e. The van der Waals surface area contributed by atoms with E-state index in [4.69, 9.17) is 0 Å². The molecule has 0 spiro atoms. The predicted octanol–water partition coefficient (Wildman–Crippen LogP) is 1.29. The molecule has 1 heterocycles. The van der Waals surface area contributed by atoms with Crippen LogP contribution in [-0.4, -0.2) is 27.1 Å². The molecule has 1 fully saturated rings. The number of H-pyrrole nitrogens is 1. The molecule has 1 aromatic heterocycles. The zero-order valence-corrected chi connectivity index (χ0v) is 9.79. The van der Waals surface area contributed by atoms with Crippen molar-refractivity contribution < 1.29 is 4.79 Å². The van der Waals surface area contributed by atoms with Gasteiger partial charge >= 0.3 is 0 Å². The van der Waals surface area contributed by atoms with Gasteiger partial charge in [0.25, 0.3) is 5.91 Å². The van der Waals surface area contributed by atoms with Gasteiger partial charge in [-0.25, -0.2) is 4.98 Å². The highest BCUT2D eigenvalue weighted by atomic mass is 16.2. The van der Waals surface area contributed by atoms with Crippen LogP contribution in [-0.2, 0) is 6.42 Å². The molecule has 1 saturated carbocycles. The van der Waals surface area contributed by atoms with Crippen molar-refractivity contribution in [2.45, 2.75) is 45.6 Å². The molecular formula is C11H18N4O. The average Bonchev–Trinajstić information content (AvgIpc) is 2.84. The molecule has 0 aromatic carbocycles. The zero-order valence-electron chi connectivity index (χ0n) is 9.79. The van der Waals surface area contributed by atoms with E-state index < -0.39 is 0 Å². The monoisotopic (exact) mass is 222 g/mol. The van der Waals surface area contributed by atoms with Gasteiger partial charge in [0.05, 0.1) is 0 Å². The largest absolute Gasteiger partial charge is 0.346 e. The summed E-state index contributed by atoms with van der Waals surface area (Å²) in [5.41, 5.74) is 0. The number of nitrogens with zero attached hydrogens (tertiary/aromatic N) is 2. The van der Waals surface area contributed by atoms with E-state index in [0.717, 1.165) is 18.7 Å². The van der Waals surface area contributed by atoms with Gasteiger partial charge in [-0.1, -0.05) is 20.3 Å². The number of rotatable bonds is 5. The van der Waals surface area contributed by atoms with E-state index in [2.05, 4.69) is 27.4 Å². The number of amides is 1. The van der Waals surface area contributed by atoms with Crippen LogP contribution < -0.4 is 5.32 Å². The summed E-state index contributed by atoms with van der Waals surface area (Å²) in [5.74, 6) is 1.53. The van der Waals surface area contributed by atoms with Gasteiger partial charge in [0.15, 0.2) is 0 Å². The summed E-state index contributed by atoms with van der Waals surface area (Å²) in [6, 6.07) is 0.344. The Balaban J connectivity index is 1.84. The number of aromatic nitrogens is 3. The average molecular weight is 222 g/mol. The van der Waals surface area contributed by atoms with Gasteiger partial charge in [0.1, 0.15) is 5.82 Å². The third-order valence-electron chi connectivity index (χ3n) is 2.97. The van der Waals surface area contributed by atoms with Crippen molar-refractivity contribution in [1.29, 1.82) is 0 Å². The van der Waals surface area contributed by atoms with Gasteiger partial charge < -0.3 is 5.32 Å². The second kappa shape index (κ2) is 4.63. The molecule has 1 aromatic rings. The van der Waals surface area contributed by atoms with Gasteiger partial charge in [-0.15, -0.1) is 5.10 Å². The summed E-state index contributed by atoms with van der Waals surface area (Å²) < 4.78 is 0. The van der Waals surface area contributed by atoms with Crippen LogP contribution >= 0.6 is 0 Å². The lowest BCUT2D eigenvalue weighted by molar-refractivity contribution is 0.0938. The van der Waals surface area contributed by atoms with Crippen LogP contribution in [0.2, 0.25) is 0 Å². The van der Waals surface area contributed by atoms with Gasteiger partial charge in [0, 0.05) is 12.5 Å². The number of hydrogen-bond acceptors (Lipinski definition) is 3. The van der Waals surface area contributed by atoms with E-state index in [1.807, 2.05) is 6.92 Å². The zero-order chi connectivity index (χ0) is 11.5. The molecular weight excluding hydrogens is 204 g/mol. The lowest BCUT2D eigenvalue weighted by Gasteiger charge is -2.00. The molecule has 2 unspecified atom stereocenters. The molecule has 0 bridgehead atoms. The van der Waals surface area contributed by atoms with Crippen LogP contribution in [0.25, 0.3) is 0 Å². The molecule has 88 valence electrons. The Labute approximate surface area is 95.0 Å². The minimum absolute atomic E-state index is 0.153. The fourth-order valence-corrected chi connectivity index (χ4v) is 1.90. The standard InChI is InChI=1S/C11H18N4O/c1-3-5-7-6-8(7)12-11(16)10-13-9(4-2)14-15-10/h7-8H,3-6H2,1-2H3,(H,12,16)(H,13,14,15). The molecule has 0 radical (unpaired) electrons. The quantitative estimate of drug-likeness (QED) is 0.788. The summed E-state index contributed by atoms with van der Waals surface area (Å²) in [6.07, 6.45) is 4.24. The Morgan fingerprint density at radius 3 is 3.00 bits per heavy atom. The number of carbonyl (C=O) groups excluding carboxylic acids is 1. The minimum atomic E-state index is -0.153. The van der Waals surface area contributed by atoms with Gasteiger partial charge in [-0.3, -0.25) is 9.89 Å². The highest BCUT2D eigenvalue weighted by molar-refractivity contribution is 5.90. The Hall–Kier alpha value is -1.39. The SMILES string of the molecule is CCCC1CC1NC(=O)c1n[nH]c(CC)n1. The first-order valence-electron chi connectivity index (χ1n) is 5.96. The van der Waals surface area contributed by atoms with E-state index in [1.54, 1.807) is 0 Å². The maximum Gasteiger partial charge on any atom is 0.291 e. The maximum atomic E-state index is 11.7. The second-order valence-electron chi connectivity index (χ2n) is 4.32. The van der Waals surface area contributed by atoms with Crippen LogP contribution in [0, 0.1) is 5.92 Å². The molecule has 1 aliphatic rings. The summed E-state index contributed by atoms with van der Waals surface area (Å²) >= 11 is 0. The predicted molar refractivity (Wildman–Crippen MR) is 60.0 cm³/mol. The highest BCUT2D eigenvalue weighted by Gasteiger charge is 2.37. The molecule has 16 heavy (non-hydrogen) atoms. The number of aryl methyl sites for hydroxylation is 1.